The van der Waals surface area contributed by atoms with Gasteiger partial charge in [0.2, 0.25) is 0 Å². The molecule has 1 heterocycles. The number of carbonyl (C=O) groups excluding carboxylic acids is 1. The summed E-state index contributed by atoms with van der Waals surface area (Å²) < 4.78 is 0. The van der Waals surface area contributed by atoms with Gasteiger partial charge in [0.25, 0.3) is 0 Å². The standard InChI is InChI=1S/C30H32N3O2P/c31-28-16-15-26(24-7-3-1-4-8-24)21-29(28)32-30(34)25-13-11-23(12-14-25)22-33-17-19-36(35,20-18-33)27-9-5-2-6-10-27/h1-16,21,35-36H,17-20,22,31H2,(H,32,34). The van der Waals surface area contributed by atoms with Crippen LogP contribution in [0.4, 0.5) is 11.4 Å². The molecule has 1 amide bonds. The van der Waals surface area contributed by atoms with Crippen molar-refractivity contribution in [3.63, 3.8) is 0 Å². The minimum absolute atomic E-state index is 0.185. The quantitative estimate of drug-likeness (QED) is 0.259. The van der Waals surface area contributed by atoms with Crippen LogP contribution in [0.3, 0.4) is 0 Å². The topological polar surface area (TPSA) is 78.6 Å². The predicted molar refractivity (Wildman–Crippen MR) is 152 cm³/mol. The molecule has 36 heavy (non-hydrogen) atoms. The summed E-state index contributed by atoms with van der Waals surface area (Å²) in [5.41, 5.74) is 11.1. The summed E-state index contributed by atoms with van der Waals surface area (Å²) in [6.45, 7) is 2.58. The third-order valence-corrected chi connectivity index (χ3v) is 10.5. The van der Waals surface area contributed by atoms with E-state index in [1.165, 1.54) is 0 Å². The Kier molecular flexibility index (Phi) is 7.15. The second-order valence-electron chi connectivity index (χ2n) is 9.49. The summed E-state index contributed by atoms with van der Waals surface area (Å²) in [6, 6.07) is 33.6. The monoisotopic (exact) mass is 497 g/mol. The van der Waals surface area contributed by atoms with Gasteiger partial charge in [-0.1, -0.05) is 36.4 Å². The van der Waals surface area contributed by atoms with Crippen LogP contribution in [0.1, 0.15) is 15.9 Å². The van der Waals surface area contributed by atoms with Gasteiger partial charge in [-0.15, -0.1) is 0 Å². The van der Waals surface area contributed by atoms with Gasteiger partial charge in [-0.25, -0.2) is 0 Å². The van der Waals surface area contributed by atoms with Gasteiger partial charge in [0, 0.05) is 0 Å². The van der Waals surface area contributed by atoms with Gasteiger partial charge in [0.15, 0.2) is 0 Å². The van der Waals surface area contributed by atoms with Crippen LogP contribution in [0, 0.1) is 0 Å². The molecule has 5 rings (SSSR count). The van der Waals surface area contributed by atoms with Gasteiger partial charge in [0.05, 0.1) is 0 Å². The molecule has 1 saturated heterocycles. The van der Waals surface area contributed by atoms with E-state index in [9.17, 15) is 9.69 Å². The average Bonchev–Trinajstić information content (AvgIpc) is 2.93. The Bertz CT molecular complexity index is 1320. The summed E-state index contributed by atoms with van der Waals surface area (Å²) in [7, 11) is -2.37. The SMILES string of the molecule is Nc1ccc(-c2ccccc2)cc1NC(=O)c1ccc(CN2CC[PH](O)(c3ccccc3)CC2)cc1. The van der Waals surface area contributed by atoms with Crippen LogP contribution in [-0.4, -0.2) is 41.1 Å². The van der Waals surface area contributed by atoms with E-state index in [1.807, 2.05) is 91.0 Å². The molecular formula is C30H32N3O2P. The zero-order valence-electron chi connectivity index (χ0n) is 20.2. The van der Waals surface area contributed by atoms with Crippen LogP contribution in [0.25, 0.3) is 11.1 Å². The molecule has 0 aromatic heterocycles. The summed E-state index contributed by atoms with van der Waals surface area (Å²) in [5, 5.41) is 4.10. The van der Waals surface area contributed by atoms with Crippen LogP contribution >= 0.6 is 7.49 Å². The number of hydrogen-bond acceptors (Lipinski definition) is 4. The van der Waals surface area contributed by atoms with Gasteiger partial charge in [-0.2, -0.15) is 0 Å². The zero-order valence-corrected chi connectivity index (χ0v) is 21.2. The zero-order chi connectivity index (χ0) is 25.0. The molecule has 1 aliphatic rings. The Morgan fingerprint density at radius 2 is 1.47 bits per heavy atom. The Hall–Kier alpha value is -3.50. The Morgan fingerprint density at radius 3 is 2.14 bits per heavy atom. The first-order valence-electron chi connectivity index (χ1n) is 12.4. The van der Waals surface area contributed by atoms with Gasteiger partial charge in [-0.3, -0.25) is 0 Å². The number of anilines is 2. The summed E-state index contributed by atoms with van der Waals surface area (Å²) >= 11 is 0. The molecule has 4 aromatic rings. The van der Waals surface area contributed by atoms with E-state index in [0.29, 0.717) is 16.9 Å². The molecule has 0 atom stereocenters. The van der Waals surface area contributed by atoms with Crippen molar-refractivity contribution in [2.45, 2.75) is 6.54 Å². The Labute approximate surface area is 213 Å². The maximum atomic E-state index is 12.9. The van der Waals surface area contributed by atoms with Crippen LogP contribution in [0.15, 0.2) is 103 Å². The molecule has 184 valence electrons. The van der Waals surface area contributed by atoms with E-state index in [2.05, 4.69) is 22.3 Å². The van der Waals surface area contributed by atoms with Crippen molar-refractivity contribution >= 4 is 30.1 Å². The third kappa shape index (κ3) is 5.50. The number of rotatable bonds is 6. The fourth-order valence-corrected chi connectivity index (χ4v) is 7.82. The molecule has 0 aliphatic carbocycles. The number of nitrogens with one attached hydrogen (secondary N) is 1. The molecule has 4 aromatic carbocycles. The molecule has 6 heteroatoms. The minimum atomic E-state index is -2.37. The number of nitrogens with zero attached hydrogens (tertiary/aromatic N) is 1. The summed E-state index contributed by atoms with van der Waals surface area (Å²) in [6.07, 6.45) is 1.70. The molecule has 0 unspecified atom stereocenters. The predicted octanol–water partition coefficient (Wildman–Crippen LogP) is 4.99. The molecule has 5 nitrogen and oxygen atoms in total. The van der Waals surface area contributed by atoms with E-state index in [0.717, 1.165) is 54.0 Å². The van der Waals surface area contributed by atoms with Gasteiger partial charge in [0.1, 0.15) is 0 Å². The number of carbonyl (C=O) groups is 1. The summed E-state index contributed by atoms with van der Waals surface area (Å²) in [5.74, 6) is -0.185. The fraction of sp³-hybridized carbons (Fsp3) is 0.167. The van der Waals surface area contributed by atoms with Crippen molar-refractivity contribution in [2.24, 2.45) is 0 Å². The molecule has 0 spiro atoms. The normalized spacial score (nSPS) is 16.2. The first kappa shape index (κ1) is 24.2. The van der Waals surface area contributed by atoms with E-state index >= 15 is 0 Å². The summed E-state index contributed by atoms with van der Waals surface area (Å²) in [4.78, 5) is 26.5. The molecule has 1 aliphatic heterocycles. The van der Waals surface area contributed by atoms with Crippen molar-refractivity contribution in [2.75, 3.05) is 36.5 Å². The van der Waals surface area contributed by atoms with Crippen molar-refractivity contribution in [3.05, 3.63) is 114 Å². The maximum absolute atomic E-state index is 12.9. The second kappa shape index (κ2) is 10.6. The van der Waals surface area contributed by atoms with Gasteiger partial charge >= 0.3 is 154 Å². The third-order valence-electron chi connectivity index (χ3n) is 7.03. The van der Waals surface area contributed by atoms with E-state index in [4.69, 9.17) is 5.73 Å². The van der Waals surface area contributed by atoms with Crippen LogP contribution < -0.4 is 16.4 Å². The molecule has 4 N–H and O–H groups in total. The van der Waals surface area contributed by atoms with E-state index < -0.39 is 7.49 Å². The van der Waals surface area contributed by atoms with Crippen molar-refractivity contribution in [1.82, 2.24) is 4.90 Å². The Morgan fingerprint density at radius 1 is 0.833 bits per heavy atom. The average molecular weight is 498 g/mol. The molecule has 1 fully saturated rings. The molecular weight excluding hydrogens is 465 g/mol. The number of nitrogen functional groups attached to an aromatic ring is 1. The number of nitrogens with two attached hydrogens (primary N) is 1. The van der Waals surface area contributed by atoms with Crippen molar-refractivity contribution in [3.8, 4) is 11.1 Å². The number of amides is 1. The van der Waals surface area contributed by atoms with Crippen LogP contribution in [0.2, 0.25) is 0 Å². The van der Waals surface area contributed by atoms with Crippen LogP contribution in [0.5, 0.6) is 0 Å². The molecule has 0 bridgehead atoms. The first-order valence-corrected chi connectivity index (χ1v) is 14.7. The Balaban J connectivity index is 1.20. The fourth-order valence-electron chi connectivity index (χ4n) is 4.81. The van der Waals surface area contributed by atoms with Gasteiger partial charge in [-0.05, 0) is 17.2 Å². The van der Waals surface area contributed by atoms with Crippen LogP contribution in [-0.2, 0) is 6.54 Å². The number of hydrogen-bond donors (Lipinski definition) is 3. The first-order chi connectivity index (χ1) is 17.5. The van der Waals surface area contributed by atoms with Gasteiger partial charge < -0.3 is 5.73 Å². The molecule has 0 saturated carbocycles. The molecule has 0 radical (unpaired) electrons. The number of benzene rings is 4. The van der Waals surface area contributed by atoms with E-state index in [1.54, 1.807) is 0 Å². The van der Waals surface area contributed by atoms with Crippen molar-refractivity contribution in [1.29, 1.82) is 0 Å². The van der Waals surface area contributed by atoms with Crippen molar-refractivity contribution < 1.29 is 9.69 Å². The second-order valence-corrected chi connectivity index (χ2v) is 13.1. The van der Waals surface area contributed by atoms with E-state index in [-0.39, 0.29) is 5.91 Å².